The quantitative estimate of drug-likeness (QED) is 0.722. The molecular formula is C22H28N2O5. The van der Waals surface area contributed by atoms with Crippen molar-refractivity contribution in [2.75, 3.05) is 19.7 Å². The molecule has 1 aliphatic heterocycles. The lowest BCUT2D eigenvalue weighted by Gasteiger charge is -2.32. The number of hydrogen-bond donors (Lipinski definition) is 1. The summed E-state index contributed by atoms with van der Waals surface area (Å²) in [7, 11) is 0. The average molecular weight is 400 g/mol. The maximum atomic E-state index is 12.6. The van der Waals surface area contributed by atoms with Gasteiger partial charge in [-0.2, -0.15) is 0 Å². The second-order valence-electron chi connectivity index (χ2n) is 7.34. The average Bonchev–Trinajstić information content (AvgIpc) is 3.15. The van der Waals surface area contributed by atoms with Crippen LogP contribution in [0.5, 0.6) is 0 Å². The van der Waals surface area contributed by atoms with Crippen LogP contribution in [0.2, 0.25) is 0 Å². The van der Waals surface area contributed by atoms with Crippen molar-refractivity contribution in [1.82, 2.24) is 9.88 Å². The number of hydrogen-bond acceptors (Lipinski definition) is 5. The van der Waals surface area contributed by atoms with E-state index in [9.17, 15) is 14.4 Å². The molecule has 1 aliphatic rings. The lowest BCUT2D eigenvalue weighted by Crippen LogP contribution is -2.45. The Morgan fingerprint density at radius 2 is 1.93 bits per heavy atom. The van der Waals surface area contributed by atoms with Gasteiger partial charge in [0.05, 0.1) is 12.5 Å². The lowest BCUT2D eigenvalue weighted by molar-refractivity contribution is -0.160. The van der Waals surface area contributed by atoms with Gasteiger partial charge in [-0.25, -0.2) is 0 Å². The Balaban J connectivity index is 1.44. The molecule has 0 aliphatic carbocycles. The number of nitrogens with one attached hydrogen (secondary N) is 1. The zero-order chi connectivity index (χ0) is 20.8. The summed E-state index contributed by atoms with van der Waals surface area (Å²) in [6.45, 7) is 4.69. The van der Waals surface area contributed by atoms with Crippen LogP contribution in [0.4, 0.5) is 0 Å². The third-order valence-electron chi connectivity index (χ3n) is 5.36. The third kappa shape index (κ3) is 5.16. The van der Waals surface area contributed by atoms with Crippen molar-refractivity contribution < 1.29 is 23.9 Å². The smallest absolute Gasteiger partial charge is 0.309 e. The first-order valence-electron chi connectivity index (χ1n) is 10.2. The van der Waals surface area contributed by atoms with Crippen LogP contribution in [-0.2, 0) is 30.3 Å². The highest BCUT2D eigenvalue weighted by Crippen LogP contribution is 2.21. The molecule has 1 saturated heterocycles. The molecule has 0 saturated carbocycles. The largest absolute Gasteiger partial charge is 0.466 e. The van der Waals surface area contributed by atoms with Crippen LogP contribution >= 0.6 is 0 Å². The molecule has 2 aromatic rings. The fraction of sp³-hybridized carbons (Fsp3) is 0.500. The number of carbonyl (C=O) groups excluding carboxylic acids is 3. The highest BCUT2D eigenvalue weighted by Gasteiger charge is 2.31. The number of likely N-dealkylation sites (tertiary alicyclic amines) is 1. The number of aryl methyl sites for hydroxylation is 1. The van der Waals surface area contributed by atoms with Crippen molar-refractivity contribution in [3.63, 3.8) is 0 Å². The molecule has 156 valence electrons. The fourth-order valence-electron chi connectivity index (χ4n) is 3.73. The molecule has 0 bridgehead atoms. The molecule has 7 nitrogen and oxygen atoms in total. The van der Waals surface area contributed by atoms with Gasteiger partial charge in [0.2, 0.25) is 0 Å². The predicted octanol–water partition coefficient (Wildman–Crippen LogP) is 2.83. The van der Waals surface area contributed by atoms with Gasteiger partial charge in [-0.1, -0.05) is 18.2 Å². The van der Waals surface area contributed by atoms with E-state index in [1.54, 1.807) is 18.7 Å². The van der Waals surface area contributed by atoms with E-state index >= 15 is 0 Å². The van der Waals surface area contributed by atoms with Gasteiger partial charge in [0.25, 0.3) is 5.91 Å². The summed E-state index contributed by atoms with van der Waals surface area (Å²) in [5.41, 5.74) is 2.09. The summed E-state index contributed by atoms with van der Waals surface area (Å²) in [6, 6.07) is 7.92. The van der Waals surface area contributed by atoms with E-state index < -0.39 is 12.1 Å². The number of rotatable bonds is 7. The maximum absolute atomic E-state index is 12.6. The number of aromatic amines is 1. The first kappa shape index (κ1) is 20.9. The zero-order valence-electron chi connectivity index (χ0n) is 17.0. The van der Waals surface area contributed by atoms with Crippen LogP contribution in [0.25, 0.3) is 10.9 Å². The number of aromatic nitrogens is 1. The summed E-state index contributed by atoms with van der Waals surface area (Å²) < 4.78 is 10.4. The highest BCUT2D eigenvalue weighted by molar-refractivity contribution is 5.85. The maximum Gasteiger partial charge on any atom is 0.309 e. The fourth-order valence-corrected chi connectivity index (χ4v) is 3.73. The number of ether oxygens (including phenoxy) is 2. The lowest BCUT2D eigenvalue weighted by atomic mass is 9.97. The number of esters is 2. The van der Waals surface area contributed by atoms with Gasteiger partial charge in [-0.05, 0) is 44.7 Å². The Morgan fingerprint density at radius 3 is 2.66 bits per heavy atom. The molecule has 0 radical (unpaired) electrons. The molecule has 0 spiro atoms. The number of para-hydroxylation sites is 1. The molecule has 1 amide bonds. The molecule has 29 heavy (non-hydrogen) atoms. The minimum absolute atomic E-state index is 0.159. The van der Waals surface area contributed by atoms with Crippen LogP contribution < -0.4 is 0 Å². The number of benzene rings is 1. The van der Waals surface area contributed by atoms with Crippen molar-refractivity contribution >= 4 is 28.7 Å². The van der Waals surface area contributed by atoms with Crippen molar-refractivity contribution in [3.8, 4) is 0 Å². The second-order valence-corrected chi connectivity index (χ2v) is 7.34. The van der Waals surface area contributed by atoms with Crippen LogP contribution in [-0.4, -0.2) is 53.5 Å². The number of fused-ring (bicyclic) bond motifs is 1. The van der Waals surface area contributed by atoms with Gasteiger partial charge in [-0.3, -0.25) is 14.4 Å². The predicted molar refractivity (Wildman–Crippen MR) is 108 cm³/mol. The molecular weight excluding hydrogens is 372 g/mol. The van der Waals surface area contributed by atoms with E-state index in [1.807, 2.05) is 30.5 Å². The van der Waals surface area contributed by atoms with Gasteiger partial charge in [0, 0.05) is 36.6 Å². The number of piperidine rings is 1. The minimum Gasteiger partial charge on any atom is -0.466 e. The summed E-state index contributed by atoms with van der Waals surface area (Å²) in [5, 5.41) is 1.09. The van der Waals surface area contributed by atoms with E-state index in [4.69, 9.17) is 9.47 Å². The Labute approximate surface area is 170 Å². The highest BCUT2D eigenvalue weighted by atomic mass is 16.5. The molecule has 7 heteroatoms. The summed E-state index contributed by atoms with van der Waals surface area (Å²) >= 11 is 0. The molecule has 1 aromatic carbocycles. The summed E-state index contributed by atoms with van der Waals surface area (Å²) in [6.07, 6.45) is 2.99. The van der Waals surface area contributed by atoms with E-state index in [-0.39, 0.29) is 24.2 Å². The first-order valence-corrected chi connectivity index (χ1v) is 10.2. The molecule has 1 atom stereocenters. The van der Waals surface area contributed by atoms with Crippen molar-refractivity contribution in [2.45, 2.75) is 45.6 Å². The summed E-state index contributed by atoms with van der Waals surface area (Å²) in [5.74, 6) is -0.963. The van der Waals surface area contributed by atoms with Gasteiger partial charge < -0.3 is 19.4 Å². The van der Waals surface area contributed by atoms with Gasteiger partial charge in [-0.15, -0.1) is 0 Å². The number of H-pyrrole nitrogens is 1. The Morgan fingerprint density at radius 1 is 1.21 bits per heavy atom. The van der Waals surface area contributed by atoms with Gasteiger partial charge in [0.1, 0.15) is 0 Å². The Hall–Kier alpha value is -2.83. The van der Waals surface area contributed by atoms with E-state index in [0.29, 0.717) is 39.0 Å². The van der Waals surface area contributed by atoms with Crippen LogP contribution in [0.3, 0.4) is 0 Å². The van der Waals surface area contributed by atoms with Gasteiger partial charge in [0.15, 0.2) is 6.10 Å². The first-order chi connectivity index (χ1) is 14.0. The normalized spacial score (nSPS) is 15.9. The zero-order valence-corrected chi connectivity index (χ0v) is 17.0. The molecule has 3 rings (SSSR count). The number of carbonyl (C=O) groups is 3. The van der Waals surface area contributed by atoms with E-state index in [2.05, 4.69) is 4.98 Å². The monoisotopic (exact) mass is 400 g/mol. The number of nitrogens with zero attached hydrogens (tertiary/aromatic N) is 1. The number of amides is 1. The molecule has 1 fully saturated rings. The minimum atomic E-state index is -0.829. The summed E-state index contributed by atoms with van der Waals surface area (Å²) in [4.78, 5) is 41.4. The molecule has 2 heterocycles. The van der Waals surface area contributed by atoms with E-state index in [1.165, 1.54) is 0 Å². The van der Waals surface area contributed by atoms with Crippen LogP contribution in [0.15, 0.2) is 30.5 Å². The molecule has 1 aromatic heterocycles. The van der Waals surface area contributed by atoms with Crippen LogP contribution in [0, 0.1) is 5.92 Å². The SMILES string of the molecule is CCOC(=O)C1CCN(C(=O)[C@H](C)OC(=O)CCc2c[nH]c3ccccc23)CC1. The van der Waals surface area contributed by atoms with Crippen LogP contribution in [0.1, 0.15) is 38.7 Å². The third-order valence-corrected chi connectivity index (χ3v) is 5.36. The topological polar surface area (TPSA) is 88.7 Å². The van der Waals surface area contributed by atoms with Crippen molar-refractivity contribution in [1.29, 1.82) is 0 Å². The Bertz CT molecular complexity index is 867. The van der Waals surface area contributed by atoms with Crippen molar-refractivity contribution in [2.24, 2.45) is 5.92 Å². The molecule has 1 N–H and O–H groups in total. The Kier molecular flexibility index (Phi) is 6.90. The second kappa shape index (κ2) is 9.58. The van der Waals surface area contributed by atoms with Crippen molar-refractivity contribution in [3.05, 3.63) is 36.0 Å². The standard InChI is InChI=1S/C22H28N2O5/c1-3-28-22(27)16-10-12-24(13-11-16)21(26)15(2)29-20(25)9-8-17-14-23-19-7-5-4-6-18(17)19/h4-7,14-16,23H,3,8-13H2,1-2H3/t15-/m0/s1. The molecule has 0 unspecified atom stereocenters. The van der Waals surface area contributed by atoms with Gasteiger partial charge >= 0.3 is 11.9 Å². The van der Waals surface area contributed by atoms with E-state index in [0.717, 1.165) is 16.5 Å².